The first-order chi connectivity index (χ1) is 23.7. The van der Waals surface area contributed by atoms with Gasteiger partial charge in [0.2, 0.25) is 5.91 Å². The Labute approximate surface area is 282 Å². The lowest BCUT2D eigenvalue weighted by Gasteiger charge is -2.44. The fourth-order valence-corrected chi connectivity index (χ4v) is 9.21. The number of rotatable bonds is 1. The molecule has 0 aliphatic carbocycles. The molecule has 2 aromatic carbocycles. The largest absolute Gasteiger partial charge is 0.508 e. The lowest BCUT2D eigenvalue weighted by molar-refractivity contribution is -0.132. The molecule has 4 aromatic rings. The number of fused-ring (bicyclic) bond motifs is 9. The van der Waals surface area contributed by atoms with E-state index < -0.39 is 11.6 Å². The fraction of sp³-hybridized carbons (Fsp3) is 0.500. The SMILES string of the molecule is CN1C[C@]23CC[C@H](CN(C2)c2nc(nc4c(F)c(-c5cc(O)cc6cccc(F)c56)ncc24)OCC24CCCN2CC(C4)OCCC1=O)N3. The molecule has 49 heavy (non-hydrogen) atoms. The third kappa shape index (κ3) is 5.16. The van der Waals surface area contributed by atoms with Gasteiger partial charge in [-0.15, -0.1) is 0 Å². The van der Waals surface area contributed by atoms with E-state index in [1.807, 2.05) is 7.05 Å². The van der Waals surface area contributed by atoms with Crippen LogP contribution in [0, 0.1) is 11.6 Å². The van der Waals surface area contributed by atoms with Crippen molar-refractivity contribution in [2.75, 3.05) is 57.9 Å². The second kappa shape index (κ2) is 11.4. The fourth-order valence-electron chi connectivity index (χ4n) is 9.21. The number of aromatic hydroxyl groups is 1. The van der Waals surface area contributed by atoms with Crippen molar-refractivity contribution in [3.05, 3.63) is 48.2 Å². The molecule has 2 spiro atoms. The lowest BCUT2D eigenvalue weighted by atomic mass is 9.94. The Morgan fingerprint density at radius 1 is 1.12 bits per heavy atom. The highest BCUT2D eigenvalue weighted by Gasteiger charge is 2.50. The van der Waals surface area contributed by atoms with Gasteiger partial charge < -0.3 is 29.7 Å². The standard InChI is InChI=1S/C36H39F2N7O4/c1-43-18-35-9-6-22(42-35)16-44(19-35)33-26-15-39-31(25-13-23(46)12-21-4-2-5-27(37)29(21)25)30(38)32(26)40-34(41-33)49-20-36-8-3-10-45(36)17-24(14-36)48-11-7-28(43)47/h2,4-5,12-13,15,22,24,42,46H,3,6-11,14,16-20H2,1H3/t22-,24?,35-,36?/m1/s1. The van der Waals surface area contributed by atoms with Gasteiger partial charge in [0, 0.05) is 56.4 Å². The van der Waals surface area contributed by atoms with Crippen LogP contribution in [0.2, 0.25) is 0 Å². The number of carbonyl (C=O) groups excluding carboxylic acids is 1. The molecule has 2 aromatic heterocycles. The number of piperazine rings is 1. The Kier molecular flexibility index (Phi) is 7.19. The molecule has 0 saturated carbocycles. The summed E-state index contributed by atoms with van der Waals surface area (Å²) in [6.07, 6.45) is 6.37. The molecule has 11 nitrogen and oxygen atoms in total. The van der Waals surface area contributed by atoms with Crippen LogP contribution in [0.1, 0.15) is 38.5 Å². The number of phenols is 1. The monoisotopic (exact) mass is 671 g/mol. The Bertz CT molecular complexity index is 2000. The topological polar surface area (TPSA) is 116 Å². The first-order valence-electron chi connectivity index (χ1n) is 17.2. The van der Waals surface area contributed by atoms with E-state index in [1.165, 1.54) is 24.4 Å². The molecule has 5 aliphatic heterocycles. The first-order valence-corrected chi connectivity index (χ1v) is 17.2. The summed E-state index contributed by atoms with van der Waals surface area (Å²) in [5, 5.41) is 15.3. The van der Waals surface area contributed by atoms with Crippen molar-refractivity contribution in [1.29, 1.82) is 0 Å². The minimum absolute atomic E-state index is 0.0105. The number of pyridine rings is 1. The quantitative estimate of drug-likeness (QED) is 0.308. The molecule has 2 N–H and O–H groups in total. The summed E-state index contributed by atoms with van der Waals surface area (Å²) in [6.45, 7) is 4.05. The summed E-state index contributed by atoms with van der Waals surface area (Å²) in [5.41, 5.74) is -0.634. The highest BCUT2D eigenvalue weighted by atomic mass is 19.1. The van der Waals surface area contributed by atoms with Gasteiger partial charge in [0.05, 0.1) is 35.6 Å². The van der Waals surface area contributed by atoms with Crippen LogP contribution in [0.5, 0.6) is 11.8 Å². The Hall–Kier alpha value is -4.20. The van der Waals surface area contributed by atoms with E-state index >= 15 is 8.78 Å². The maximum absolute atomic E-state index is 16.9. The van der Waals surface area contributed by atoms with Crippen LogP contribution < -0.4 is 15.0 Å². The molecular formula is C36H39F2N7O4. The third-order valence-electron chi connectivity index (χ3n) is 11.4. The molecule has 4 atom stereocenters. The number of amides is 1. The van der Waals surface area contributed by atoms with Crippen molar-refractivity contribution < 1.29 is 28.2 Å². The highest BCUT2D eigenvalue weighted by Crippen LogP contribution is 2.42. The average Bonchev–Trinajstić information content (AvgIpc) is 3.72. The van der Waals surface area contributed by atoms with Crippen LogP contribution in [0.3, 0.4) is 0 Å². The van der Waals surface area contributed by atoms with Gasteiger partial charge >= 0.3 is 6.01 Å². The second-order valence-corrected chi connectivity index (χ2v) is 14.6. The lowest BCUT2D eigenvalue weighted by Crippen LogP contribution is -2.64. The smallest absolute Gasteiger partial charge is 0.319 e. The van der Waals surface area contributed by atoms with Crippen LogP contribution in [-0.4, -0.2) is 112 Å². The minimum atomic E-state index is -0.750. The number of carbonyl (C=O) groups is 1. The number of likely N-dealkylation sites (N-methyl/N-ethyl adjacent to an activating group) is 1. The van der Waals surface area contributed by atoms with Crippen molar-refractivity contribution in [1.82, 2.24) is 30.1 Å². The molecular weight excluding hydrogens is 632 g/mol. The number of hydrogen-bond donors (Lipinski definition) is 2. The zero-order valence-corrected chi connectivity index (χ0v) is 27.4. The number of nitrogens with one attached hydrogen (secondary N) is 1. The third-order valence-corrected chi connectivity index (χ3v) is 11.4. The minimum Gasteiger partial charge on any atom is -0.508 e. The average molecular weight is 672 g/mol. The van der Waals surface area contributed by atoms with Crippen LogP contribution in [0.25, 0.3) is 32.9 Å². The van der Waals surface area contributed by atoms with E-state index in [-0.39, 0.29) is 63.1 Å². The van der Waals surface area contributed by atoms with Gasteiger partial charge in [-0.2, -0.15) is 9.97 Å². The molecule has 1 amide bonds. The number of anilines is 1. The first kappa shape index (κ1) is 30.8. The molecule has 9 rings (SSSR count). The highest BCUT2D eigenvalue weighted by molar-refractivity contribution is 6.00. The summed E-state index contributed by atoms with van der Waals surface area (Å²) in [7, 11) is 1.85. The Balaban J connectivity index is 1.19. The molecule has 4 saturated heterocycles. The molecule has 4 fully saturated rings. The van der Waals surface area contributed by atoms with Crippen LogP contribution in [-0.2, 0) is 9.53 Å². The maximum atomic E-state index is 16.9. The summed E-state index contributed by atoms with van der Waals surface area (Å²) in [6, 6.07) is 7.50. The molecule has 0 radical (unpaired) electrons. The number of halogens is 2. The normalized spacial score (nSPS) is 29.0. The number of benzene rings is 2. The van der Waals surface area contributed by atoms with E-state index in [2.05, 4.69) is 25.1 Å². The predicted molar refractivity (Wildman–Crippen MR) is 179 cm³/mol. The summed E-state index contributed by atoms with van der Waals surface area (Å²) in [5.74, 6) is -0.874. The van der Waals surface area contributed by atoms with E-state index in [1.54, 1.807) is 17.0 Å². The molecule has 7 heterocycles. The Morgan fingerprint density at radius 2 is 2.02 bits per heavy atom. The second-order valence-electron chi connectivity index (χ2n) is 14.6. The van der Waals surface area contributed by atoms with E-state index in [9.17, 15) is 9.90 Å². The molecule has 2 unspecified atom stereocenters. The van der Waals surface area contributed by atoms with Crippen molar-refractivity contribution in [3.63, 3.8) is 0 Å². The van der Waals surface area contributed by atoms with Gasteiger partial charge in [-0.05, 0) is 62.2 Å². The summed E-state index contributed by atoms with van der Waals surface area (Å²) < 4.78 is 44.9. The molecule has 7 bridgehead atoms. The number of aromatic nitrogens is 3. The van der Waals surface area contributed by atoms with Crippen molar-refractivity contribution >= 4 is 33.4 Å². The summed E-state index contributed by atoms with van der Waals surface area (Å²) in [4.78, 5) is 33.7. The predicted octanol–water partition coefficient (Wildman–Crippen LogP) is 4.00. The van der Waals surface area contributed by atoms with Gasteiger partial charge in [0.1, 0.15) is 35.2 Å². The van der Waals surface area contributed by atoms with Gasteiger partial charge in [0.15, 0.2) is 5.82 Å². The van der Waals surface area contributed by atoms with Gasteiger partial charge in [-0.1, -0.05) is 12.1 Å². The van der Waals surface area contributed by atoms with Crippen LogP contribution >= 0.6 is 0 Å². The zero-order valence-electron chi connectivity index (χ0n) is 27.4. The number of ether oxygens (including phenoxy) is 2. The van der Waals surface area contributed by atoms with Crippen molar-refractivity contribution in [3.8, 4) is 23.0 Å². The number of nitrogens with zero attached hydrogens (tertiary/aromatic N) is 6. The summed E-state index contributed by atoms with van der Waals surface area (Å²) >= 11 is 0. The van der Waals surface area contributed by atoms with E-state index in [0.717, 1.165) is 45.2 Å². The van der Waals surface area contributed by atoms with Crippen molar-refractivity contribution in [2.45, 2.75) is 61.7 Å². The molecule has 5 aliphatic rings. The van der Waals surface area contributed by atoms with Crippen LogP contribution in [0.15, 0.2) is 36.5 Å². The number of phenolic OH excluding ortho intramolecular Hbond substituents is 1. The number of hydrogen-bond acceptors (Lipinski definition) is 10. The van der Waals surface area contributed by atoms with E-state index in [0.29, 0.717) is 55.9 Å². The van der Waals surface area contributed by atoms with Gasteiger partial charge in [-0.25, -0.2) is 8.78 Å². The van der Waals surface area contributed by atoms with Crippen molar-refractivity contribution in [2.24, 2.45) is 0 Å². The van der Waals surface area contributed by atoms with Crippen LogP contribution in [0.4, 0.5) is 14.6 Å². The maximum Gasteiger partial charge on any atom is 0.319 e. The van der Waals surface area contributed by atoms with E-state index in [4.69, 9.17) is 14.5 Å². The Morgan fingerprint density at radius 3 is 2.92 bits per heavy atom. The molecule has 256 valence electrons. The zero-order chi connectivity index (χ0) is 33.5. The van der Waals surface area contributed by atoms with Gasteiger partial charge in [0.25, 0.3) is 0 Å². The molecule has 13 heteroatoms. The van der Waals surface area contributed by atoms with Gasteiger partial charge in [-0.3, -0.25) is 14.7 Å².